The zero-order chi connectivity index (χ0) is 37.9. The molecule has 1 fully saturated rings. The number of benzene rings is 3. The van der Waals surface area contributed by atoms with E-state index in [1.165, 1.54) is 13.3 Å². The molecule has 0 aliphatic carbocycles. The summed E-state index contributed by atoms with van der Waals surface area (Å²) in [6, 6.07) is 18.9. The standard InChI is InChI=1S/C40H52N8O5/c1-8-47(9-2)36(49)27-52-32-17-18-34(35(25-32)51-7)53-39-33(38(50)43-37-28(3)11-10-12-29(37)4)26-41-40(44-39)42-30-13-15-31(16-14-30)48-23-21-46(22-24-48)20-19-45(5)6/h10-18,25-26H,8-9,19-24,27H2,1-7H3,(H,43,50)(H,41,42,44). The highest BCUT2D eigenvalue weighted by molar-refractivity contribution is 6.06. The Balaban J connectivity index is 1.35. The zero-order valence-electron chi connectivity index (χ0n) is 31.9. The molecule has 1 aliphatic rings. The Morgan fingerprint density at radius 2 is 1.60 bits per heavy atom. The van der Waals surface area contributed by atoms with Crippen molar-refractivity contribution in [3.8, 4) is 23.1 Å². The fourth-order valence-electron chi connectivity index (χ4n) is 6.05. The van der Waals surface area contributed by atoms with Gasteiger partial charge in [0, 0.05) is 81.7 Å². The highest BCUT2D eigenvalue weighted by Crippen LogP contribution is 2.36. The highest BCUT2D eigenvalue weighted by Gasteiger charge is 2.22. The molecule has 53 heavy (non-hydrogen) atoms. The number of anilines is 4. The van der Waals surface area contributed by atoms with Crippen molar-refractivity contribution >= 4 is 34.8 Å². The van der Waals surface area contributed by atoms with E-state index in [1.54, 1.807) is 23.1 Å². The molecule has 4 aromatic rings. The molecule has 1 aromatic heterocycles. The van der Waals surface area contributed by atoms with Crippen LogP contribution in [-0.4, -0.2) is 117 Å². The Morgan fingerprint density at radius 3 is 2.25 bits per heavy atom. The van der Waals surface area contributed by atoms with Crippen LogP contribution in [0, 0.1) is 13.8 Å². The second kappa shape index (κ2) is 18.4. The maximum atomic E-state index is 13.7. The van der Waals surface area contributed by atoms with Gasteiger partial charge in [0.05, 0.1) is 7.11 Å². The third kappa shape index (κ3) is 10.4. The Hall–Kier alpha value is -5.40. The van der Waals surface area contributed by atoms with Gasteiger partial charge in [0.15, 0.2) is 18.1 Å². The van der Waals surface area contributed by atoms with Crippen LogP contribution >= 0.6 is 0 Å². The first-order valence-corrected chi connectivity index (χ1v) is 18.1. The lowest BCUT2D eigenvalue weighted by molar-refractivity contribution is -0.132. The van der Waals surface area contributed by atoms with E-state index in [-0.39, 0.29) is 29.9 Å². The molecule has 1 saturated heterocycles. The molecule has 2 amide bonds. The minimum absolute atomic E-state index is 0.0266. The smallest absolute Gasteiger partial charge is 0.262 e. The van der Waals surface area contributed by atoms with E-state index in [4.69, 9.17) is 14.2 Å². The molecular formula is C40H52N8O5. The predicted molar refractivity (Wildman–Crippen MR) is 209 cm³/mol. The van der Waals surface area contributed by atoms with Crippen LogP contribution < -0.4 is 29.7 Å². The van der Waals surface area contributed by atoms with Crippen molar-refractivity contribution in [3.05, 3.63) is 83.6 Å². The Morgan fingerprint density at radius 1 is 0.906 bits per heavy atom. The molecule has 5 rings (SSSR count). The molecule has 0 unspecified atom stereocenters. The molecule has 0 spiro atoms. The quantitative estimate of drug-likeness (QED) is 0.145. The lowest BCUT2D eigenvalue weighted by Crippen LogP contribution is -2.48. The molecule has 0 bridgehead atoms. The van der Waals surface area contributed by atoms with Crippen molar-refractivity contribution < 1.29 is 23.8 Å². The average molecular weight is 725 g/mol. The van der Waals surface area contributed by atoms with Gasteiger partial charge in [-0.05, 0) is 89.3 Å². The van der Waals surface area contributed by atoms with Gasteiger partial charge in [-0.25, -0.2) is 4.98 Å². The van der Waals surface area contributed by atoms with Gasteiger partial charge >= 0.3 is 0 Å². The number of hydrogen-bond donors (Lipinski definition) is 2. The van der Waals surface area contributed by atoms with Gasteiger partial charge < -0.3 is 39.5 Å². The van der Waals surface area contributed by atoms with Crippen LogP contribution in [0.25, 0.3) is 0 Å². The van der Waals surface area contributed by atoms with E-state index in [0.29, 0.717) is 36.0 Å². The minimum Gasteiger partial charge on any atom is -0.493 e. The number of methoxy groups -OCH3 is 1. The van der Waals surface area contributed by atoms with Gasteiger partial charge in [-0.2, -0.15) is 4.98 Å². The molecule has 2 N–H and O–H groups in total. The van der Waals surface area contributed by atoms with E-state index < -0.39 is 5.91 Å². The van der Waals surface area contributed by atoms with E-state index in [2.05, 4.69) is 61.5 Å². The van der Waals surface area contributed by atoms with E-state index in [9.17, 15) is 9.59 Å². The van der Waals surface area contributed by atoms with Gasteiger partial charge in [-0.3, -0.25) is 14.5 Å². The van der Waals surface area contributed by atoms with Crippen molar-refractivity contribution in [1.29, 1.82) is 0 Å². The maximum Gasteiger partial charge on any atom is 0.262 e. The lowest BCUT2D eigenvalue weighted by Gasteiger charge is -2.36. The summed E-state index contributed by atoms with van der Waals surface area (Å²) in [5.74, 6) is 0.802. The number of aromatic nitrogens is 2. The van der Waals surface area contributed by atoms with Crippen molar-refractivity contribution in [3.63, 3.8) is 0 Å². The molecular weight excluding hydrogens is 672 g/mol. The molecule has 282 valence electrons. The molecule has 3 aromatic carbocycles. The van der Waals surface area contributed by atoms with Crippen LogP contribution in [0.4, 0.5) is 23.0 Å². The molecule has 13 heteroatoms. The molecule has 1 aliphatic heterocycles. The monoisotopic (exact) mass is 724 g/mol. The number of carbonyl (C=O) groups is 2. The van der Waals surface area contributed by atoms with E-state index in [0.717, 1.165) is 61.8 Å². The number of ether oxygens (including phenoxy) is 3. The number of aryl methyl sites for hydroxylation is 2. The average Bonchev–Trinajstić information content (AvgIpc) is 3.16. The number of hydrogen-bond acceptors (Lipinski definition) is 11. The third-order valence-electron chi connectivity index (χ3n) is 9.26. The van der Waals surface area contributed by atoms with Crippen molar-refractivity contribution in [2.45, 2.75) is 27.7 Å². The first-order chi connectivity index (χ1) is 25.6. The number of nitrogens with zero attached hydrogens (tertiary/aromatic N) is 6. The second-order valence-corrected chi connectivity index (χ2v) is 13.2. The fourth-order valence-corrected chi connectivity index (χ4v) is 6.05. The summed E-state index contributed by atoms with van der Waals surface area (Å²) in [5.41, 5.74) is 4.63. The molecule has 0 saturated carbocycles. The van der Waals surface area contributed by atoms with Crippen LogP contribution in [0.3, 0.4) is 0 Å². The van der Waals surface area contributed by atoms with Gasteiger partial charge in [0.2, 0.25) is 11.8 Å². The second-order valence-electron chi connectivity index (χ2n) is 13.2. The Labute approximate surface area is 312 Å². The van der Waals surface area contributed by atoms with E-state index in [1.807, 2.05) is 58.0 Å². The van der Waals surface area contributed by atoms with Gasteiger partial charge in [-0.15, -0.1) is 0 Å². The number of para-hydroxylation sites is 1. The van der Waals surface area contributed by atoms with Gasteiger partial charge in [0.1, 0.15) is 11.3 Å². The molecule has 0 radical (unpaired) electrons. The number of piperazine rings is 1. The summed E-state index contributed by atoms with van der Waals surface area (Å²) >= 11 is 0. The Bertz CT molecular complexity index is 1820. The number of carbonyl (C=O) groups excluding carboxylic acids is 2. The van der Waals surface area contributed by atoms with Gasteiger partial charge in [-0.1, -0.05) is 18.2 Å². The predicted octanol–water partition coefficient (Wildman–Crippen LogP) is 5.82. The molecule has 2 heterocycles. The summed E-state index contributed by atoms with van der Waals surface area (Å²) in [7, 11) is 5.72. The number of nitrogens with one attached hydrogen (secondary N) is 2. The summed E-state index contributed by atoms with van der Waals surface area (Å²) in [4.78, 5) is 44.2. The normalized spacial score (nSPS) is 13.1. The van der Waals surface area contributed by atoms with Crippen LogP contribution in [0.5, 0.6) is 23.1 Å². The number of rotatable bonds is 16. The number of amides is 2. The third-order valence-corrected chi connectivity index (χ3v) is 9.26. The first kappa shape index (κ1) is 38.8. The van der Waals surface area contributed by atoms with Crippen LogP contribution in [-0.2, 0) is 4.79 Å². The van der Waals surface area contributed by atoms with Crippen LogP contribution in [0.1, 0.15) is 35.3 Å². The topological polar surface area (TPSA) is 125 Å². The first-order valence-electron chi connectivity index (χ1n) is 18.1. The van der Waals surface area contributed by atoms with Crippen LogP contribution in [0.15, 0.2) is 66.9 Å². The Kier molecular flexibility index (Phi) is 13.5. The maximum absolute atomic E-state index is 13.7. The molecule has 0 atom stereocenters. The van der Waals surface area contributed by atoms with Crippen molar-refractivity contribution in [2.75, 3.05) is 95.7 Å². The van der Waals surface area contributed by atoms with Crippen LogP contribution in [0.2, 0.25) is 0 Å². The SMILES string of the molecule is CCN(CC)C(=O)COc1ccc(Oc2nc(Nc3ccc(N4CCN(CCN(C)C)CC4)cc3)ncc2C(=O)Nc2c(C)cccc2C)c(OC)c1. The summed E-state index contributed by atoms with van der Waals surface area (Å²) in [5, 5.41) is 6.27. The highest BCUT2D eigenvalue weighted by atomic mass is 16.5. The summed E-state index contributed by atoms with van der Waals surface area (Å²) in [6.07, 6.45) is 1.44. The van der Waals surface area contributed by atoms with Crippen molar-refractivity contribution in [1.82, 2.24) is 24.7 Å². The minimum atomic E-state index is -0.427. The van der Waals surface area contributed by atoms with Crippen molar-refractivity contribution in [2.24, 2.45) is 0 Å². The number of likely N-dealkylation sites (N-methyl/N-ethyl adjacent to an activating group) is 2. The molecule has 13 nitrogen and oxygen atoms in total. The zero-order valence-corrected chi connectivity index (χ0v) is 31.9. The summed E-state index contributed by atoms with van der Waals surface area (Å²) in [6.45, 7) is 15.0. The van der Waals surface area contributed by atoms with Gasteiger partial charge in [0.25, 0.3) is 11.8 Å². The lowest BCUT2D eigenvalue weighted by atomic mass is 10.1. The summed E-state index contributed by atoms with van der Waals surface area (Å²) < 4.78 is 17.7. The largest absolute Gasteiger partial charge is 0.493 e. The fraction of sp³-hybridized carbons (Fsp3) is 0.400. The van der Waals surface area contributed by atoms with E-state index >= 15 is 0 Å².